The first kappa shape index (κ1) is 27.6. The van der Waals surface area contributed by atoms with Crippen LogP contribution in [0.4, 0.5) is 30.2 Å². The fourth-order valence-corrected chi connectivity index (χ4v) is 4.97. The Morgan fingerprint density at radius 3 is 2.30 bits per heavy atom. The summed E-state index contributed by atoms with van der Waals surface area (Å²) >= 11 is 0. The SMILES string of the molecule is CCOc1ccc(OCC)c(N2CCN(Cc3ccc(Nc4ccnc5cc(C(F)(F)F)ccc45)cc3)CC2)c1. The van der Waals surface area contributed by atoms with Gasteiger partial charge in [-0.25, -0.2) is 0 Å². The van der Waals surface area contributed by atoms with E-state index in [2.05, 4.69) is 38.3 Å². The van der Waals surface area contributed by atoms with Gasteiger partial charge in [-0.1, -0.05) is 18.2 Å². The standard InChI is InChI=1S/C31H33F3N4O2/c1-3-39-25-10-12-30(40-4-2)29(20-25)38-17-15-37(16-18-38)21-22-5-8-24(9-6-22)36-27-13-14-35-28-19-23(31(32,33)34)7-11-26(27)28/h5-14,19-20H,3-4,15-18,21H2,1-2H3,(H,35,36). The molecule has 40 heavy (non-hydrogen) atoms. The minimum atomic E-state index is -4.40. The second-order valence-corrected chi connectivity index (χ2v) is 9.67. The zero-order valence-corrected chi connectivity index (χ0v) is 22.7. The van der Waals surface area contributed by atoms with Gasteiger partial charge in [-0.2, -0.15) is 13.2 Å². The Balaban J connectivity index is 1.20. The molecule has 210 valence electrons. The second-order valence-electron chi connectivity index (χ2n) is 9.67. The van der Waals surface area contributed by atoms with Crippen molar-refractivity contribution in [3.63, 3.8) is 0 Å². The lowest BCUT2D eigenvalue weighted by Crippen LogP contribution is -2.46. The van der Waals surface area contributed by atoms with Gasteiger partial charge in [0.25, 0.3) is 0 Å². The van der Waals surface area contributed by atoms with Gasteiger partial charge in [0.2, 0.25) is 0 Å². The van der Waals surface area contributed by atoms with Crippen LogP contribution in [0.15, 0.2) is 72.9 Å². The lowest BCUT2D eigenvalue weighted by Gasteiger charge is -2.37. The summed E-state index contributed by atoms with van der Waals surface area (Å²) in [5.41, 5.74) is 3.43. The molecule has 0 spiro atoms. The molecule has 0 radical (unpaired) electrons. The topological polar surface area (TPSA) is 49.9 Å². The van der Waals surface area contributed by atoms with Gasteiger partial charge in [0.05, 0.1) is 30.0 Å². The van der Waals surface area contributed by atoms with Crippen LogP contribution in [0, 0.1) is 0 Å². The number of fused-ring (bicyclic) bond motifs is 1. The molecule has 5 rings (SSSR count). The highest BCUT2D eigenvalue weighted by molar-refractivity contribution is 5.93. The average molecular weight is 551 g/mol. The van der Waals surface area contributed by atoms with E-state index in [1.807, 2.05) is 38.1 Å². The number of aromatic nitrogens is 1. The van der Waals surface area contributed by atoms with Crippen molar-refractivity contribution in [3.8, 4) is 11.5 Å². The van der Waals surface area contributed by atoms with E-state index in [4.69, 9.17) is 9.47 Å². The van der Waals surface area contributed by atoms with Crippen LogP contribution in [0.1, 0.15) is 25.0 Å². The number of alkyl halides is 3. The molecule has 2 heterocycles. The molecule has 1 saturated heterocycles. The summed E-state index contributed by atoms with van der Waals surface area (Å²) < 4.78 is 50.9. The van der Waals surface area contributed by atoms with E-state index >= 15 is 0 Å². The molecular formula is C31H33F3N4O2. The molecule has 1 aliphatic rings. The molecule has 0 saturated carbocycles. The number of anilines is 3. The Kier molecular flexibility index (Phi) is 8.30. The van der Waals surface area contributed by atoms with Gasteiger partial charge in [0, 0.05) is 61.7 Å². The summed E-state index contributed by atoms with van der Waals surface area (Å²) in [6, 6.07) is 19.6. The van der Waals surface area contributed by atoms with Crippen LogP contribution in [-0.4, -0.2) is 49.3 Å². The van der Waals surface area contributed by atoms with Gasteiger partial charge < -0.3 is 19.7 Å². The van der Waals surface area contributed by atoms with Crippen molar-refractivity contribution in [2.24, 2.45) is 0 Å². The molecular weight excluding hydrogens is 517 g/mol. The highest BCUT2D eigenvalue weighted by atomic mass is 19.4. The molecule has 4 aromatic rings. The summed E-state index contributed by atoms with van der Waals surface area (Å²) in [5, 5.41) is 3.96. The lowest BCUT2D eigenvalue weighted by molar-refractivity contribution is -0.137. The minimum absolute atomic E-state index is 0.300. The number of pyridine rings is 1. The summed E-state index contributed by atoms with van der Waals surface area (Å²) in [6.45, 7) is 9.67. The number of benzene rings is 3. The summed E-state index contributed by atoms with van der Waals surface area (Å²) in [4.78, 5) is 8.91. The second kappa shape index (κ2) is 12.0. The van der Waals surface area contributed by atoms with Crippen molar-refractivity contribution in [2.45, 2.75) is 26.6 Å². The van der Waals surface area contributed by atoms with Crippen molar-refractivity contribution in [3.05, 3.63) is 84.1 Å². The van der Waals surface area contributed by atoms with Crippen molar-refractivity contribution in [1.82, 2.24) is 9.88 Å². The molecule has 3 aromatic carbocycles. The largest absolute Gasteiger partial charge is 0.494 e. The summed E-state index contributed by atoms with van der Waals surface area (Å²) in [6.07, 6.45) is -2.88. The molecule has 6 nitrogen and oxygen atoms in total. The smallest absolute Gasteiger partial charge is 0.416 e. The van der Waals surface area contributed by atoms with Crippen molar-refractivity contribution < 1.29 is 22.6 Å². The molecule has 9 heteroatoms. The highest BCUT2D eigenvalue weighted by Gasteiger charge is 2.30. The van der Waals surface area contributed by atoms with Crippen LogP contribution in [0.2, 0.25) is 0 Å². The highest BCUT2D eigenvalue weighted by Crippen LogP contribution is 2.35. The van der Waals surface area contributed by atoms with Crippen molar-refractivity contribution in [2.75, 3.05) is 49.6 Å². The van der Waals surface area contributed by atoms with Gasteiger partial charge in [0.1, 0.15) is 11.5 Å². The molecule has 0 unspecified atom stereocenters. The number of hydrogen-bond acceptors (Lipinski definition) is 6. The van der Waals surface area contributed by atoms with Crippen molar-refractivity contribution in [1.29, 1.82) is 0 Å². The summed E-state index contributed by atoms with van der Waals surface area (Å²) in [5.74, 6) is 1.73. The Morgan fingerprint density at radius 2 is 1.60 bits per heavy atom. The van der Waals surface area contributed by atoms with Gasteiger partial charge in [0.15, 0.2) is 0 Å². The lowest BCUT2D eigenvalue weighted by atomic mass is 10.1. The predicted octanol–water partition coefficient (Wildman–Crippen LogP) is 7.12. The maximum absolute atomic E-state index is 13.1. The van der Waals surface area contributed by atoms with Crippen LogP contribution in [-0.2, 0) is 12.7 Å². The maximum atomic E-state index is 13.1. The Labute approximate surface area is 232 Å². The van der Waals surface area contributed by atoms with Gasteiger partial charge in [-0.3, -0.25) is 9.88 Å². The van der Waals surface area contributed by atoms with Gasteiger partial charge in [-0.05, 0) is 61.9 Å². The van der Waals surface area contributed by atoms with E-state index in [1.54, 1.807) is 6.07 Å². The Hall–Kier alpha value is -3.98. The Bertz CT molecular complexity index is 1440. The third-order valence-electron chi connectivity index (χ3n) is 6.96. The number of ether oxygens (including phenoxy) is 2. The summed E-state index contributed by atoms with van der Waals surface area (Å²) in [7, 11) is 0. The third-order valence-corrected chi connectivity index (χ3v) is 6.96. The van der Waals surface area contributed by atoms with Crippen LogP contribution in [0.5, 0.6) is 11.5 Å². The number of halogens is 3. The van der Waals surface area contributed by atoms with Crippen LogP contribution >= 0.6 is 0 Å². The number of nitrogens with one attached hydrogen (secondary N) is 1. The monoisotopic (exact) mass is 550 g/mol. The van der Waals surface area contributed by atoms with E-state index in [9.17, 15) is 13.2 Å². The zero-order valence-electron chi connectivity index (χ0n) is 22.7. The quantitative estimate of drug-likeness (QED) is 0.240. The first-order valence-corrected chi connectivity index (χ1v) is 13.5. The van der Waals surface area contributed by atoms with Crippen LogP contribution in [0.3, 0.4) is 0 Å². The molecule has 1 N–H and O–H groups in total. The van der Waals surface area contributed by atoms with E-state index < -0.39 is 11.7 Å². The van der Waals surface area contributed by atoms with Gasteiger partial charge in [-0.15, -0.1) is 0 Å². The maximum Gasteiger partial charge on any atom is 0.416 e. The number of rotatable bonds is 9. The van der Waals surface area contributed by atoms with E-state index in [0.717, 1.165) is 67.7 Å². The van der Waals surface area contributed by atoms with E-state index in [-0.39, 0.29) is 0 Å². The number of nitrogens with zero attached hydrogens (tertiary/aromatic N) is 3. The van der Waals surface area contributed by atoms with E-state index in [1.165, 1.54) is 17.8 Å². The average Bonchev–Trinajstić information content (AvgIpc) is 2.95. The van der Waals surface area contributed by atoms with Gasteiger partial charge >= 0.3 is 6.18 Å². The molecule has 0 atom stereocenters. The minimum Gasteiger partial charge on any atom is -0.494 e. The molecule has 1 fully saturated rings. The number of piperazine rings is 1. The fraction of sp³-hybridized carbons (Fsp3) is 0.323. The molecule has 0 bridgehead atoms. The van der Waals surface area contributed by atoms with E-state index in [0.29, 0.717) is 29.8 Å². The zero-order chi connectivity index (χ0) is 28.1. The Morgan fingerprint density at radius 1 is 0.850 bits per heavy atom. The van der Waals surface area contributed by atoms with Crippen molar-refractivity contribution >= 4 is 28.0 Å². The number of hydrogen-bond donors (Lipinski definition) is 1. The molecule has 0 aliphatic carbocycles. The first-order chi connectivity index (χ1) is 19.3. The predicted molar refractivity (Wildman–Crippen MR) is 153 cm³/mol. The molecule has 1 aromatic heterocycles. The first-order valence-electron chi connectivity index (χ1n) is 13.5. The third kappa shape index (κ3) is 6.42. The fourth-order valence-electron chi connectivity index (χ4n) is 4.97. The van der Waals surface area contributed by atoms with Crippen LogP contribution in [0.25, 0.3) is 10.9 Å². The normalized spacial score (nSPS) is 14.4. The van der Waals surface area contributed by atoms with Crippen LogP contribution < -0.4 is 19.7 Å². The molecule has 0 amide bonds. The molecule has 1 aliphatic heterocycles.